The lowest BCUT2D eigenvalue weighted by molar-refractivity contribution is 0.0946. The number of amides is 1. The second-order valence-corrected chi connectivity index (χ2v) is 6.47. The van der Waals surface area contributed by atoms with E-state index in [0.717, 1.165) is 11.1 Å². The Kier molecular flexibility index (Phi) is 5.11. The summed E-state index contributed by atoms with van der Waals surface area (Å²) in [6.45, 7) is 3.79. The van der Waals surface area contributed by atoms with E-state index in [2.05, 4.69) is 20.3 Å². The molecule has 0 aliphatic heterocycles. The first-order valence-corrected chi connectivity index (χ1v) is 8.38. The predicted octanol–water partition coefficient (Wildman–Crippen LogP) is 3.57. The summed E-state index contributed by atoms with van der Waals surface area (Å²) >= 11 is 12.2. The predicted molar refractivity (Wildman–Crippen MR) is 99.0 cm³/mol. The molecular weight excluding hydrogens is 377 g/mol. The lowest BCUT2D eigenvalue weighted by Gasteiger charge is -2.12. The van der Waals surface area contributed by atoms with Gasteiger partial charge in [0, 0.05) is 16.6 Å². The minimum absolute atomic E-state index is 0.00146. The van der Waals surface area contributed by atoms with Crippen molar-refractivity contribution in [1.82, 2.24) is 20.3 Å². The Bertz CT molecular complexity index is 951. The second kappa shape index (κ2) is 7.31. The molecular formula is C17H15Cl2N5O2. The highest BCUT2D eigenvalue weighted by Gasteiger charge is 2.18. The quantitative estimate of drug-likeness (QED) is 0.703. The number of hydrogen-bond donors (Lipinski definition) is 2. The van der Waals surface area contributed by atoms with E-state index in [4.69, 9.17) is 33.4 Å². The molecule has 0 aliphatic carbocycles. The SMILES string of the molecule is Cc1cc(Cl)cc(Cl)c1CNC(=O)c1nc(C)c(-c2cnco2)nc1N. The number of hydrogen-bond acceptors (Lipinski definition) is 6. The summed E-state index contributed by atoms with van der Waals surface area (Å²) in [5, 5.41) is 3.77. The third-order valence-electron chi connectivity index (χ3n) is 3.79. The van der Waals surface area contributed by atoms with Gasteiger partial charge in [0.1, 0.15) is 5.69 Å². The number of aryl methyl sites for hydroxylation is 2. The average molecular weight is 392 g/mol. The molecule has 3 N–H and O–H groups in total. The number of nitrogen functional groups attached to an aromatic ring is 1. The largest absolute Gasteiger partial charge is 0.442 e. The molecule has 2 heterocycles. The van der Waals surface area contributed by atoms with Crippen LogP contribution in [0, 0.1) is 13.8 Å². The molecule has 0 fully saturated rings. The molecule has 0 aliphatic rings. The number of nitrogens with zero attached hydrogens (tertiary/aromatic N) is 3. The van der Waals surface area contributed by atoms with Crippen LogP contribution in [0.1, 0.15) is 27.3 Å². The fourth-order valence-corrected chi connectivity index (χ4v) is 3.14. The molecule has 0 bridgehead atoms. The highest BCUT2D eigenvalue weighted by Crippen LogP contribution is 2.25. The van der Waals surface area contributed by atoms with Gasteiger partial charge >= 0.3 is 0 Å². The molecule has 0 saturated heterocycles. The molecule has 3 rings (SSSR count). The van der Waals surface area contributed by atoms with Gasteiger partial charge in [-0.3, -0.25) is 4.79 Å². The summed E-state index contributed by atoms with van der Waals surface area (Å²) in [6.07, 6.45) is 2.78. The summed E-state index contributed by atoms with van der Waals surface area (Å²) in [6, 6.07) is 3.40. The van der Waals surface area contributed by atoms with Crippen LogP contribution in [0.2, 0.25) is 10.0 Å². The van der Waals surface area contributed by atoms with Gasteiger partial charge in [0.05, 0.1) is 11.9 Å². The van der Waals surface area contributed by atoms with Gasteiger partial charge in [-0.05, 0) is 37.1 Å². The van der Waals surface area contributed by atoms with Gasteiger partial charge in [-0.15, -0.1) is 0 Å². The Balaban J connectivity index is 1.82. The van der Waals surface area contributed by atoms with Crippen LogP contribution in [0.25, 0.3) is 11.5 Å². The number of carbonyl (C=O) groups excluding carboxylic acids is 1. The first-order chi connectivity index (χ1) is 12.4. The number of nitrogens with two attached hydrogens (primary N) is 1. The van der Waals surface area contributed by atoms with Crippen molar-refractivity contribution in [2.45, 2.75) is 20.4 Å². The average Bonchev–Trinajstić information content (AvgIpc) is 3.09. The molecule has 0 unspecified atom stereocenters. The lowest BCUT2D eigenvalue weighted by Crippen LogP contribution is -2.26. The molecule has 26 heavy (non-hydrogen) atoms. The summed E-state index contributed by atoms with van der Waals surface area (Å²) < 4.78 is 5.20. The molecule has 0 atom stereocenters. The van der Waals surface area contributed by atoms with Gasteiger partial charge in [-0.1, -0.05) is 23.2 Å². The van der Waals surface area contributed by atoms with Gasteiger partial charge in [0.25, 0.3) is 5.91 Å². The summed E-state index contributed by atoms with van der Waals surface area (Å²) in [4.78, 5) is 24.8. The van der Waals surface area contributed by atoms with Gasteiger partial charge < -0.3 is 15.5 Å². The van der Waals surface area contributed by atoms with E-state index in [-0.39, 0.29) is 18.1 Å². The smallest absolute Gasteiger partial charge is 0.273 e. The summed E-state index contributed by atoms with van der Waals surface area (Å²) in [5.74, 6) is -0.0247. The van der Waals surface area contributed by atoms with Crippen molar-refractivity contribution in [3.8, 4) is 11.5 Å². The Morgan fingerprint density at radius 1 is 1.27 bits per heavy atom. The third-order valence-corrected chi connectivity index (χ3v) is 4.34. The normalized spacial score (nSPS) is 10.8. The van der Waals surface area contributed by atoms with Crippen molar-refractivity contribution in [3.63, 3.8) is 0 Å². The minimum atomic E-state index is -0.451. The molecule has 3 aromatic rings. The third kappa shape index (κ3) is 3.63. The van der Waals surface area contributed by atoms with Crippen LogP contribution >= 0.6 is 23.2 Å². The molecule has 7 nitrogen and oxygen atoms in total. The number of aromatic nitrogens is 3. The highest BCUT2D eigenvalue weighted by molar-refractivity contribution is 6.35. The zero-order chi connectivity index (χ0) is 18.8. The first-order valence-electron chi connectivity index (χ1n) is 7.62. The van der Waals surface area contributed by atoms with Crippen molar-refractivity contribution in [2.24, 2.45) is 0 Å². The Morgan fingerprint density at radius 2 is 2.04 bits per heavy atom. The van der Waals surface area contributed by atoms with Crippen molar-refractivity contribution < 1.29 is 9.21 Å². The van der Waals surface area contributed by atoms with Crippen LogP contribution in [0.4, 0.5) is 5.82 Å². The monoisotopic (exact) mass is 391 g/mol. The van der Waals surface area contributed by atoms with Crippen LogP contribution in [0.15, 0.2) is 29.1 Å². The molecule has 1 amide bonds. The van der Waals surface area contributed by atoms with Gasteiger partial charge in [-0.25, -0.2) is 15.0 Å². The van der Waals surface area contributed by atoms with Crippen molar-refractivity contribution in [3.05, 3.63) is 57.3 Å². The van der Waals surface area contributed by atoms with Crippen LogP contribution < -0.4 is 11.1 Å². The molecule has 2 aromatic heterocycles. The van der Waals surface area contributed by atoms with E-state index in [1.54, 1.807) is 19.1 Å². The summed E-state index contributed by atoms with van der Waals surface area (Å²) in [5.41, 5.74) is 8.52. The van der Waals surface area contributed by atoms with E-state index >= 15 is 0 Å². The van der Waals surface area contributed by atoms with Crippen LogP contribution in [-0.4, -0.2) is 20.9 Å². The lowest BCUT2D eigenvalue weighted by atomic mass is 10.1. The van der Waals surface area contributed by atoms with Gasteiger partial charge in [0.2, 0.25) is 0 Å². The minimum Gasteiger partial charge on any atom is -0.442 e. The van der Waals surface area contributed by atoms with Crippen LogP contribution in [0.5, 0.6) is 0 Å². The number of rotatable bonds is 4. The number of carbonyl (C=O) groups is 1. The van der Waals surface area contributed by atoms with Crippen molar-refractivity contribution in [1.29, 1.82) is 0 Å². The fraction of sp³-hybridized carbons (Fsp3) is 0.176. The number of anilines is 1. The molecule has 9 heteroatoms. The van der Waals surface area contributed by atoms with E-state index in [0.29, 0.717) is 27.2 Å². The van der Waals surface area contributed by atoms with E-state index in [1.165, 1.54) is 12.6 Å². The molecule has 0 spiro atoms. The fourth-order valence-electron chi connectivity index (χ4n) is 2.47. The Morgan fingerprint density at radius 3 is 2.69 bits per heavy atom. The molecule has 1 aromatic carbocycles. The van der Waals surface area contributed by atoms with Crippen molar-refractivity contribution >= 4 is 34.9 Å². The van der Waals surface area contributed by atoms with Gasteiger partial charge in [-0.2, -0.15) is 0 Å². The first kappa shape index (κ1) is 18.2. The summed E-state index contributed by atoms with van der Waals surface area (Å²) in [7, 11) is 0. The maximum Gasteiger partial charge on any atom is 0.273 e. The van der Waals surface area contributed by atoms with E-state index in [1.807, 2.05) is 6.92 Å². The van der Waals surface area contributed by atoms with E-state index in [9.17, 15) is 4.79 Å². The zero-order valence-corrected chi connectivity index (χ0v) is 15.5. The van der Waals surface area contributed by atoms with Crippen LogP contribution in [-0.2, 0) is 6.54 Å². The van der Waals surface area contributed by atoms with Crippen molar-refractivity contribution in [2.75, 3.05) is 5.73 Å². The zero-order valence-electron chi connectivity index (χ0n) is 14.0. The molecule has 0 radical (unpaired) electrons. The molecule has 134 valence electrons. The Hall–Kier alpha value is -2.64. The van der Waals surface area contributed by atoms with E-state index < -0.39 is 5.91 Å². The highest BCUT2D eigenvalue weighted by atomic mass is 35.5. The second-order valence-electron chi connectivity index (χ2n) is 5.62. The number of halogens is 2. The van der Waals surface area contributed by atoms with Crippen LogP contribution in [0.3, 0.4) is 0 Å². The maximum absolute atomic E-state index is 12.5. The number of nitrogens with one attached hydrogen (secondary N) is 1. The number of oxazole rings is 1. The molecule has 0 saturated carbocycles. The van der Waals surface area contributed by atoms with Gasteiger partial charge in [0.15, 0.2) is 23.7 Å². The number of benzene rings is 1. The maximum atomic E-state index is 12.5. The Labute approximate surface area is 159 Å². The topological polar surface area (TPSA) is 107 Å². The standard InChI is InChI=1S/C17H15Cl2N5O2/c1-8-3-10(18)4-12(19)11(8)5-22-17(25)15-16(20)24-14(9(2)23-15)13-6-21-7-26-13/h3-4,6-7H,5H2,1-2H3,(H2,20,24)(H,22,25).